The van der Waals surface area contributed by atoms with Crippen molar-refractivity contribution in [2.24, 2.45) is 5.73 Å². The first-order chi connectivity index (χ1) is 5.22. The van der Waals surface area contributed by atoms with Crippen LogP contribution in [0.15, 0.2) is 0 Å². The molecule has 0 spiro atoms. The number of carbonyl (C=O) groups excluding carboxylic acids is 1. The summed E-state index contributed by atoms with van der Waals surface area (Å²) >= 11 is 1.68. The lowest BCUT2D eigenvalue weighted by Gasteiger charge is -2.07. The van der Waals surface area contributed by atoms with Crippen molar-refractivity contribution in [3.8, 4) is 0 Å². The molecule has 0 saturated heterocycles. The van der Waals surface area contributed by atoms with Crippen LogP contribution < -0.4 is 5.73 Å². The molecule has 0 aliphatic carbocycles. The molecule has 0 amide bonds. The van der Waals surface area contributed by atoms with E-state index >= 15 is 0 Å². The zero-order chi connectivity index (χ0) is 8.69. The first-order valence-electron chi connectivity index (χ1n) is 3.63. The SMILES string of the molecule is CCCSC[C@H](N)C(=O)OC. The number of hydrogen-bond acceptors (Lipinski definition) is 4. The molecule has 0 aliphatic heterocycles. The molecule has 11 heavy (non-hydrogen) atoms. The largest absolute Gasteiger partial charge is 0.468 e. The molecule has 0 aromatic rings. The Morgan fingerprint density at radius 1 is 1.73 bits per heavy atom. The van der Waals surface area contributed by atoms with Crippen LogP contribution in [0.25, 0.3) is 0 Å². The zero-order valence-corrected chi connectivity index (χ0v) is 7.82. The molecule has 0 radical (unpaired) electrons. The summed E-state index contributed by atoms with van der Waals surface area (Å²) in [5.41, 5.74) is 5.47. The second-order valence-electron chi connectivity index (χ2n) is 2.20. The first-order valence-corrected chi connectivity index (χ1v) is 4.79. The Bertz CT molecular complexity index is 119. The normalized spacial score (nSPS) is 12.6. The van der Waals surface area contributed by atoms with Crippen LogP contribution in [0.1, 0.15) is 13.3 Å². The van der Waals surface area contributed by atoms with Gasteiger partial charge in [0, 0.05) is 5.75 Å². The lowest BCUT2D eigenvalue weighted by atomic mass is 10.4. The average Bonchev–Trinajstić information content (AvgIpc) is 2.03. The Hall–Kier alpha value is -0.220. The summed E-state index contributed by atoms with van der Waals surface area (Å²) in [5.74, 6) is 1.37. The van der Waals surface area contributed by atoms with Gasteiger partial charge in [-0.25, -0.2) is 0 Å². The van der Waals surface area contributed by atoms with Crippen molar-refractivity contribution < 1.29 is 9.53 Å². The summed E-state index contributed by atoms with van der Waals surface area (Å²) < 4.78 is 4.47. The summed E-state index contributed by atoms with van der Waals surface area (Å²) in [6.07, 6.45) is 1.11. The Kier molecular flexibility index (Phi) is 6.36. The van der Waals surface area contributed by atoms with E-state index in [1.165, 1.54) is 7.11 Å². The maximum absolute atomic E-state index is 10.7. The zero-order valence-electron chi connectivity index (χ0n) is 7.00. The van der Waals surface area contributed by atoms with Crippen LogP contribution in [0.3, 0.4) is 0 Å². The molecule has 1 atom stereocenters. The number of hydrogen-bond donors (Lipinski definition) is 1. The molecule has 0 saturated carbocycles. The summed E-state index contributed by atoms with van der Waals surface area (Å²) in [5, 5.41) is 0. The van der Waals surface area contributed by atoms with Crippen molar-refractivity contribution in [3.05, 3.63) is 0 Å². The quantitative estimate of drug-likeness (QED) is 0.494. The summed E-state index contributed by atoms with van der Waals surface area (Å²) in [7, 11) is 1.35. The maximum atomic E-state index is 10.7. The topological polar surface area (TPSA) is 52.3 Å². The molecule has 0 unspecified atom stereocenters. The van der Waals surface area contributed by atoms with Gasteiger partial charge in [0.1, 0.15) is 6.04 Å². The highest BCUT2D eigenvalue weighted by Crippen LogP contribution is 2.03. The maximum Gasteiger partial charge on any atom is 0.323 e. The smallest absolute Gasteiger partial charge is 0.323 e. The fourth-order valence-corrected chi connectivity index (χ4v) is 1.42. The highest BCUT2D eigenvalue weighted by Gasteiger charge is 2.12. The van der Waals surface area contributed by atoms with E-state index in [0.29, 0.717) is 5.75 Å². The third-order valence-corrected chi connectivity index (χ3v) is 2.44. The van der Waals surface area contributed by atoms with Gasteiger partial charge in [0.2, 0.25) is 0 Å². The van der Waals surface area contributed by atoms with E-state index in [4.69, 9.17) is 5.73 Å². The van der Waals surface area contributed by atoms with Crippen molar-refractivity contribution in [1.82, 2.24) is 0 Å². The van der Waals surface area contributed by atoms with Gasteiger partial charge in [-0.2, -0.15) is 11.8 Å². The van der Waals surface area contributed by atoms with Gasteiger partial charge in [0.05, 0.1) is 7.11 Å². The van der Waals surface area contributed by atoms with Gasteiger partial charge >= 0.3 is 5.97 Å². The third-order valence-electron chi connectivity index (χ3n) is 1.15. The van der Waals surface area contributed by atoms with Crippen molar-refractivity contribution in [1.29, 1.82) is 0 Å². The number of nitrogens with two attached hydrogens (primary N) is 1. The summed E-state index contributed by atoms with van der Waals surface area (Å²) in [4.78, 5) is 10.7. The van der Waals surface area contributed by atoms with Crippen molar-refractivity contribution >= 4 is 17.7 Å². The molecule has 0 heterocycles. The number of methoxy groups -OCH3 is 1. The van der Waals surface area contributed by atoms with Gasteiger partial charge in [-0.15, -0.1) is 0 Å². The van der Waals surface area contributed by atoms with Gasteiger partial charge in [0.15, 0.2) is 0 Å². The molecule has 0 bridgehead atoms. The molecule has 0 fully saturated rings. The lowest BCUT2D eigenvalue weighted by molar-refractivity contribution is -0.141. The van der Waals surface area contributed by atoms with E-state index in [9.17, 15) is 4.79 Å². The summed E-state index contributed by atoms with van der Waals surface area (Å²) in [6, 6.07) is -0.462. The lowest BCUT2D eigenvalue weighted by Crippen LogP contribution is -2.33. The second-order valence-corrected chi connectivity index (χ2v) is 3.35. The highest BCUT2D eigenvalue weighted by molar-refractivity contribution is 7.99. The Morgan fingerprint density at radius 2 is 2.36 bits per heavy atom. The molecule has 4 heteroatoms. The van der Waals surface area contributed by atoms with Gasteiger partial charge in [0.25, 0.3) is 0 Å². The minimum Gasteiger partial charge on any atom is -0.468 e. The molecular weight excluding hydrogens is 162 g/mol. The molecule has 66 valence electrons. The third kappa shape index (κ3) is 5.09. The number of esters is 1. The monoisotopic (exact) mass is 177 g/mol. The van der Waals surface area contributed by atoms with Crippen LogP contribution in [-0.2, 0) is 9.53 Å². The standard InChI is InChI=1S/C7H15NO2S/c1-3-4-11-5-6(8)7(9)10-2/h6H,3-5,8H2,1-2H3/t6-/m0/s1. The van der Waals surface area contributed by atoms with E-state index in [-0.39, 0.29) is 5.97 Å². The fourth-order valence-electron chi connectivity index (χ4n) is 0.574. The van der Waals surface area contributed by atoms with Crippen LogP contribution in [-0.4, -0.2) is 30.6 Å². The highest BCUT2D eigenvalue weighted by atomic mass is 32.2. The fraction of sp³-hybridized carbons (Fsp3) is 0.857. The first kappa shape index (κ1) is 10.8. The Labute approximate surface area is 71.7 Å². The molecule has 0 rings (SSSR count). The summed E-state index contributed by atoms with van der Waals surface area (Å²) in [6.45, 7) is 2.09. The van der Waals surface area contributed by atoms with Gasteiger partial charge < -0.3 is 10.5 Å². The van der Waals surface area contributed by atoms with Crippen LogP contribution in [0.4, 0.5) is 0 Å². The van der Waals surface area contributed by atoms with Gasteiger partial charge in [-0.1, -0.05) is 6.92 Å². The number of thioether (sulfide) groups is 1. The molecule has 0 aliphatic rings. The second kappa shape index (κ2) is 6.49. The van der Waals surface area contributed by atoms with E-state index in [1.807, 2.05) is 0 Å². The van der Waals surface area contributed by atoms with E-state index < -0.39 is 6.04 Å². The minimum absolute atomic E-state index is 0.325. The van der Waals surface area contributed by atoms with Crippen LogP contribution in [0.2, 0.25) is 0 Å². The minimum atomic E-state index is -0.462. The van der Waals surface area contributed by atoms with Gasteiger partial charge in [-0.3, -0.25) is 4.79 Å². The Morgan fingerprint density at radius 3 is 2.82 bits per heavy atom. The predicted octanol–water partition coefficient (Wildman–Crippen LogP) is 0.630. The van der Waals surface area contributed by atoms with Crippen LogP contribution in [0.5, 0.6) is 0 Å². The van der Waals surface area contributed by atoms with E-state index in [2.05, 4.69) is 11.7 Å². The van der Waals surface area contributed by atoms with Crippen molar-refractivity contribution in [3.63, 3.8) is 0 Å². The molecule has 0 aromatic heterocycles. The van der Waals surface area contributed by atoms with Crippen LogP contribution in [0, 0.1) is 0 Å². The molecule has 3 nitrogen and oxygen atoms in total. The van der Waals surface area contributed by atoms with E-state index in [0.717, 1.165) is 12.2 Å². The number of ether oxygens (including phenoxy) is 1. The number of rotatable bonds is 5. The molecule has 2 N–H and O–H groups in total. The van der Waals surface area contributed by atoms with Crippen molar-refractivity contribution in [2.45, 2.75) is 19.4 Å². The Balaban J connectivity index is 3.36. The van der Waals surface area contributed by atoms with Crippen molar-refractivity contribution in [2.75, 3.05) is 18.6 Å². The van der Waals surface area contributed by atoms with Crippen LogP contribution >= 0.6 is 11.8 Å². The molecule has 0 aromatic carbocycles. The van der Waals surface area contributed by atoms with E-state index in [1.54, 1.807) is 11.8 Å². The molecular formula is C7H15NO2S. The number of carbonyl (C=O) groups is 1. The average molecular weight is 177 g/mol. The predicted molar refractivity (Wildman–Crippen MR) is 47.6 cm³/mol. The van der Waals surface area contributed by atoms with Gasteiger partial charge in [-0.05, 0) is 12.2 Å².